The van der Waals surface area contributed by atoms with E-state index in [0.717, 1.165) is 0 Å². The van der Waals surface area contributed by atoms with E-state index in [1.165, 1.54) is 12.1 Å². The monoisotopic (exact) mass is 496 g/mol. The van der Waals surface area contributed by atoms with Crippen LogP contribution >= 0.6 is 0 Å². The van der Waals surface area contributed by atoms with Gasteiger partial charge in [-0.2, -0.15) is 10.5 Å². The lowest BCUT2D eigenvalue weighted by atomic mass is 10.1. The predicted molar refractivity (Wildman–Crippen MR) is 142 cm³/mol. The van der Waals surface area contributed by atoms with Crippen molar-refractivity contribution in [3.05, 3.63) is 132 Å². The minimum absolute atomic E-state index is 0.174. The van der Waals surface area contributed by atoms with E-state index in [1.54, 1.807) is 36.4 Å². The van der Waals surface area contributed by atoms with Gasteiger partial charge in [0.15, 0.2) is 11.5 Å². The molecular weight excluding hydrogens is 476 g/mol. The third-order valence-electron chi connectivity index (χ3n) is 5.35. The van der Waals surface area contributed by atoms with Gasteiger partial charge in [0, 0.05) is 24.3 Å². The number of nitrogens with zero attached hydrogens (tertiary/aromatic N) is 2. The molecule has 0 aliphatic rings. The molecule has 0 aliphatic carbocycles. The summed E-state index contributed by atoms with van der Waals surface area (Å²) in [5.74, 6) is 4.02. The molecule has 0 saturated carbocycles. The van der Waals surface area contributed by atoms with Crippen molar-refractivity contribution in [2.24, 2.45) is 0 Å². The van der Waals surface area contributed by atoms with E-state index < -0.39 is 0 Å². The molecule has 0 amide bonds. The van der Waals surface area contributed by atoms with Gasteiger partial charge in [-0.3, -0.25) is 0 Å². The van der Waals surface area contributed by atoms with Crippen LogP contribution in [0.2, 0.25) is 0 Å². The summed E-state index contributed by atoms with van der Waals surface area (Å²) in [4.78, 5) is 0. The van der Waals surface area contributed by atoms with E-state index >= 15 is 0 Å². The van der Waals surface area contributed by atoms with Crippen LogP contribution in [0.25, 0.3) is 0 Å². The van der Waals surface area contributed by atoms with Gasteiger partial charge in [0.2, 0.25) is 0 Å². The molecule has 0 N–H and O–H groups in total. The second-order valence-electron chi connectivity index (χ2n) is 8.05. The summed E-state index contributed by atoms with van der Waals surface area (Å²) in [5.41, 5.74) is 0.348. The second-order valence-corrected chi connectivity index (χ2v) is 8.05. The van der Waals surface area contributed by atoms with Gasteiger partial charge in [-0.1, -0.05) is 48.5 Å². The van der Waals surface area contributed by atoms with Crippen LogP contribution in [0, 0.1) is 22.7 Å². The Morgan fingerprint density at radius 2 is 0.711 bits per heavy atom. The first-order valence-corrected chi connectivity index (χ1v) is 11.7. The zero-order valence-electron chi connectivity index (χ0n) is 20.1. The van der Waals surface area contributed by atoms with Crippen LogP contribution < -0.4 is 18.9 Å². The van der Waals surface area contributed by atoms with Gasteiger partial charge in [0.25, 0.3) is 0 Å². The highest BCUT2D eigenvalue weighted by molar-refractivity contribution is 5.58. The maximum atomic E-state index is 9.57. The highest BCUT2D eigenvalue weighted by Gasteiger charge is 2.15. The largest absolute Gasteiger partial charge is 0.457 e. The number of ether oxygens (including phenoxy) is 4. The molecule has 182 valence electrons. The Kier molecular flexibility index (Phi) is 7.16. The fraction of sp³-hybridized carbons (Fsp3) is 0. The van der Waals surface area contributed by atoms with Crippen LogP contribution in [0.1, 0.15) is 11.1 Å². The average molecular weight is 497 g/mol. The van der Waals surface area contributed by atoms with Gasteiger partial charge >= 0.3 is 0 Å². The molecule has 0 radical (unpaired) electrons. The highest BCUT2D eigenvalue weighted by Crippen LogP contribution is 2.39. The molecule has 0 fully saturated rings. The van der Waals surface area contributed by atoms with Crippen molar-refractivity contribution in [3.63, 3.8) is 0 Å². The number of para-hydroxylation sites is 2. The van der Waals surface area contributed by atoms with Crippen LogP contribution in [0.3, 0.4) is 0 Å². The van der Waals surface area contributed by atoms with Crippen molar-refractivity contribution in [1.29, 1.82) is 10.5 Å². The molecule has 5 rings (SSSR count). The fourth-order valence-corrected chi connectivity index (χ4v) is 3.61. The van der Waals surface area contributed by atoms with Crippen molar-refractivity contribution in [2.45, 2.75) is 0 Å². The summed E-state index contributed by atoms with van der Waals surface area (Å²) < 4.78 is 24.1. The molecule has 38 heavy (non-hydrogen) atoms. The molecule has 0 bridgehead atoms. The minimum atomic E-state index is 0.174. The van der Waals surface area contributed by atoms with Crippen LogP contribution in [0.15, 0.2) is 121 Å². The van der Waals surface area contributed by atoms with Gasteiger partial charge < -0.3 is 18.9 Å². The van der Waals surface area contributed by atoms with E-state index in [2.05, 4.69) is 0 Å². The van der Waals surface area contributed by atoms with Crippen LogP contribution in [0.5, 0.6) is 46.0 Å². The highest BCUT2D eigenvalue weighted by atomic mass is 16.5. The van der Waals surface area contributed by atoms with Gasteiger partial charge in [-0.15, -0.1) is 0 Å². The average Bonchev–Trinajstić information content (AvgIpc) is 2.95. The lowest BCUT2D eigenvalue weighted by Gasteiger charge is -2.15. The first-order chi connectivity index (χ1) is 18.7. The minimum Gasteiger partial charge on any atom is -0.457 e. The Morgan fingerprint density at radius 3 is 1.08 bits per heavy atom. The van der Waals surface area contributed by atoms with Gasteiger partial charge in [-0.05, 0) is 48.5 Å². The Labute approximate surface area is 220 Å². The SMILES string of the molecule is N#Cc1cc(Oc2cccc(Oc3ccccc3)c2)c(Oc2cccc(Oc3ccccc3)c2)cc1C#N. The predicted octanol–water partition coefficient (Wildman–Crippen LogP) is 8.60. The molecule has 0 saturated heterocycles. The van der Waals surface area contributed by atoms with E-state index in [-0.39, 0.29) is 22.6 Å². The number of benzene rings is 5. The van der Waals surface area contributed by atoms with Crippen LogP contribution in [0.4, 0.5) is 0 Å². The lowest BCUT2D eigenvalue weighted by Crippen LogP contribution is -1.95. The number of rotatable bonds is 8. The molecule has 5 aromatic carbocycles. The van der Waals surface area contributed by atoms with E-state index in [4.69, 9.17) is 18.9 Å². The van der Waals surface area contributed by atoms with Crippen molar-refractivity contribution >= 4 is 0 Å². The summed E-state index contributed by atoms with van der Waals surface area (Å²) in [6.45, 7) is 0. The van der Waals surface area contributed by atoms with Crippen molar-refractivity contribution in [1.82, 2.24) is 0 Å². The fourth-order valence-electron chi connectivity index (χ4n) is 3.61. The van der Waals surface area contributed by atoms with E-state index in [0.29, 0.717) is 34.5 Å². The Morgan fingerprint density at radius 1 is 0.368 bits per heavy atom. The Bertz CT molecular complexity index is 1510. The maximum Gasteiger partial charge on any atom is 0.171 e. The third kappa shape index (κ3) is 5.91. The van der Waals surface area contributed by atoms with Crippen molar-refractivity contribution in [2.75, 3.05) is 0 Å². The molecule has 0 atom stereocenters. The van der Waals surface area contributed by atoms with Gasteiger partial charge in [0.05, 0.1) is 11.1 Å². The second kappa shape index (κ2) is 11.3. The number of hydrogen-bond acceptors (Lipinski definition) is 6. The summed E-state index contributed by atoms with van der Waals surface area (Å²) in [6.07, 6.45) is 0. The van der Waals surface area contributed by atoms with Crippen molar-refractivity contribution < 1.29 is 18.9 Å². The van der Waals surface area contributed by atoms with Crippen LogP contribution in [-0.4, -0.2) is 0 Å². The first-order valence-electron chi connectivity index (χ1n) is 11.7. The molecule has 6 heteroatoms. The summed E-state index contributed by atoms with van der Waals surface area (Å²) >= 11 is 0. The lowest BCUT2D eigenvalue weighted by molar-refractivity contribution is 0.412. The Hall–Kier alpha value is -5.72. The molecule has 5 aromatic rings. The number of nitriles is 2. The van der Waals surface area contributed by atoms with Gasteiger partial charge in [-0.25, -0.2) is 0 Å². The summed E-state index contributed by atoms with van der Waals surface area (Å²) in [6, 6.07) is 40.1. The van der Waals surface area contributed by atoms with Crippen molar-refractivity contribution in [3.8, 4) is 58.1 Å². The maximum absolute atomic E-state index is 9.57. The summed E-state index contributed by atoms with van der Waals surface area (Å²) in [7, 11) is 0. The summed E-state index contributed by atoms with van der Waals surface area (Å²) in [5, 5.41) is 19.1. The molecule has 0 unspecified atom stereocenters. The molecule has 0 spiro atoms. The molecule has 6 nitrogen and oxygen atoms in total. The smallest absolute Gasteiger partial charge is 0.171 e. The topological polar surface area (TPSA) is 84.5 Å². The Balaban J connectivity index is 1.43. The first kappa shape index (κ1) is 24.0. The normalized spacial score (nSPS) is 10.1. The third-order valence-corrected chi connectivity index (χ3v) is 5.35. The van der Waals surface area contributed by atoms with E-state index in [1.807, 2.05) is 84.9 Å². The van der Waals surface area contributed by atoms with E-state index in [9.17, 15) is 10.5 Å². The zero-order chi connectivity index (χ0) is 26.2. The standard InChI is InChI=1S/C32H20N2O4/c33-21-23-17-31(37-29-15-7-13-27(19-29)35-25-9-3-1-4-10-25)32(18-24(23)22-34)38-30-16-8-14-28(20-30)36-26-11-5-2-6-12-26/h1-20H. The quantitative estimate of drug-likeness (QED) is 0.214. The molecule has 0 aromatic heterocycles. The van der Waals surface area contributed by atoms with Gasteiger partial charge in [0.1, 0.15) is 46.6 Å². The molecule has 0 aliphatic heterocycles. The number of hydrogen-bond donors (Lipinski definition) is 0. The molecular formula is C32H20N2O4. The van der Waals surface area contributed by atoms with Crippen LogP contribution in [-0.2, 0) is 0 Å². The molecule has 0 heterocycles. The zero-order valence-corrected chi connectivity index (χ0v) is 20.1.